The van der Waals surface area contributed by atoms with Crippen molar-refractivity contribution in [3.8, 4) is 6.07 Å². The van der Waals surface area contributed by atoms with Crippen LogP contribution in [0.2, 0.25) is 0 Å². The SMILES string of the molecule is N#Cc1ccc2c(c1)C1CCCN[C@H]1C2. The summed E-state index contributed by atoms with van der Waals surface area (Å²) in [5.74, 6) is 0.655. The molecule has 1 heterocycles. The van der Waals surface area contributed by atoms with Crippen LogP contribution in [0.3, 0.4) is 0 Å². The van der Waals surface area contributed by atoms with Crippen LogP contribution in [0.4, 0.5) is 0 Å². The molecular weight excluding hydrogens is 184 g/mol. The molecule has 1 saturated heterocycles. The maximum absolute atomic E-state index is 8.90. The molecule has 2 heteroatoms. The minimum absolute atomic E-state index is 0.627. The molecule has 2 atom stereocenters. The van der Waals surface area contributed by atoms with Crippen molar-refractivity contribution in [1.29, 1.82) is 5.26 Å². The number of nitrogens with zero attached hydrogens (tertiary/aromatic N) is 1. The number of fused-ring (bicyclic) bond motifs is 3. The van der Waals surface area contributed by atoms with Crippen molar-refractivity contribution in [3.05, 3.63) is 34.9 Å². The van der Waals surface area contributed by atoms with E-state index < -0.39 is 0 Å². The third-order valence-corrected chi connectivity index (χ3v) is 3.70. The van der Waals surface area contributed by atoms with Crippen LogP contribution < -0.4 is 5.32 Å². The maximum atomic E-state index is 8.90. The summed E-state index contributed by atoms with van der Waals surface area (Å²) in [7, 11) is 0. The van der Waals surface area contributed by atoms with Crippen LogP contribution in [-0.2, 0) is 6.42 Å². The summed E-state index contributed by atoms with van der Waals surface area (Å²) in [5, 5.41) is 12.5. The third-order valence-electron chi connectivity index (χ3n) is 3.70. The number of hydrogen-bond acceptors (Lipinski definition) is 2. The molecule has 3 rings (SSSR count). The van der Waals surface area contributed by atoms with Gasteiger partial charge in [0.25, 0.3) is 0 Å². The quantitative estimate of drug-likeness (QED) is 0.691. The van der Waals surface area contributed by atoms with E-state index in [2.05, 4.69) is 23.5 Å². The molecule has 1 aliphatic carbocycles. The highest BCUT2D eigenvalue weighted by molar-refractivity contribution is 5.44. The van der Waals surface area contributed by atoms with E-state index in [1.165, 1.54) is 24.0 Å². The Labute approximate surface area is 89.9 Å². The summed E-state index contributed by atoms with van der Waals surface area (Å²) in [6, 6.07) is 9.02. The molecule has 0 radical (unpaired) electrons. The van der Waals surface area contributed by atoms with Gasteiger partial charge >= 0.3 is 0 Å². The predicted octanol–water partition coefficient (Wildman–Crippen LogP) is 1.95. The minimum Gasteiger partial charge on any atom is -0.313 e. The van der Waals surface area contributed by atoms with E-state index in [1.54, 1.807) is 0 Å². The van der Waals surface area contributed by atoms with E-state index in [1.807, 2.05) is 6.07 Å². The topological polar surface area (TPSA) is 35.8 Å². The van der Waals surface area contributed by atoms with Crippen LogP contribution in [0.1, 0.15) is 35.4 Å². The highest BCUT2D eigenvalue weighted by Gasteiger charge is 2.33. The second-order valence-electron chi connectivity index (χ2n) is 4.54. The van der Waals surface area contributed by atoms with Crippen LogP contribution >= 0.6 is 0 Å². The number of piperidine rings is 1. The first-order valence-electron chi connectivity index (χ1n) is 5.65. The molecular formula is C13H14N2. The van der Waals surface area contributed by atoms with Crippen LogP contribution in [0.5, 0.6) is 0 Å². The Kier molecular flexibility index (Phi) is 2.00. The normalized spacial score (nSPS) is 27.9. The fourth-order valence-corrected chi connectivity index (χ4v) is 2.97. The Bertz CT molecular complexity index is 431. The van der Waals surface area contributed by atoms with E-state index in [4.69, 9.17) is 5.26 Å². The van der Waals surface area contributed by atoms with Crippen molar-refractivity contribution in [1.82, 2.24) is 5.32 Å². The maximum Gasteiger partial charge on any atom is 0.0991 e. The zero-order chi connectivity index (χ0) is 10.3. The molecule has 0 spiro atoms. The fraction of sp³-hybridized carbons (Fsp3) is 0.462. The average molecular weight is 198 g/mol. The van der Waals surface area contributed by atoms with Gasteiger partial charge in [-0.05, 0) is 55.0 Å². The molecule has 76 valence electrons. The summed E-state index contributed by atoms with van der Waals surface area (Å²) in [6.45, 7) is 1.15. The van der Waals surface area contributed by atoms with E-state index in [9.17, 15) is 0 Å². The fourth-order valence-electron chi connectivity index (χ4n) is 2.97. The zero-order valence-electron chi connectivity index (χ0n) is 8.66. The Hall–Kier alpha value is -1.33. The lowest BCUT2D eigenvalue weighted by atomic mass is 9.90. The van der Waals surface area contributed by atoms with Gasteiger partial charge in [-0.3, -0.25) is 0 Å². The number of hydrogen-bond donors (Lipinski definition) is 1. The number of rotatable bonds is 0. The average Bonchev–Trinajstić information content (AvgIpc) is 2.66. The van der Waals surface area contributed by atoms with Gasteiger partial charge in [0.1, 0.15) is 0 Å². The zero-order valence-corrected chi connectivity index (χ0v) is 8.66. The molecule has 1 aromatic carbocycles. The number of nitrogens with one attached hydrogen (secondary N) is 1. The van der Waals surface area contributed by atoms with Crippen LogP contribution in [0.25, 0.3) is 0 Å². The second kappa shape index (κ2) is 3.36. The Morgan fingerprint density at radius 3 is 3.20 bits per heavy atom. The molecule has 0 amide bonds. The monoisotopic (exact) mass is 198 g/mol. The van der Waals surface area contributed by atoms with Gasteiger partial charge in [0, 0.05) is 6.04 Å². The molecule has 2 nitrogen and oxygen atoms in total. The summed E-state index contributed by atoms with van der Waals surface area (Å²) < 4.78 is 0. The molecule has 1 unspecified atom stereocenters. The number of benzene rings is 1. The summed E-state index contributed by atoms with van der Waals surface area (Å²) >= 11 is 0. The number of nitriles is 1. The van der Waals surface area contributed by atoms with E-state index in [-0.39, 0.29) is 0 Å². The van der Waals surface area contributed by atoms with E-state index in [0.717, 1.165) is 18.5 Å². The van der Waals surface area contributed by atoms with Crippen molar-refractivity contribution < 1.29 is 0 Å². The summed E-state index contributed by atoms with van der Waals surface area (Å²) in [4.78, 5) is 0. The molecule has 1 N–H and O–H groups in total. The summed E-state index contributed by atoms with van der Waals surface area (Å²) in [6.07, 6.45) is 3.68. The molecule has 2 aliphatic rings. The molecule has 0 saturated carbocycles. The lowest BCUT2D eigenvalue weighted by Crippen LogP contribution is -2.37. The second-order valence-corrected chi connectivity index (χ2v) is 4.54. The smallest absolute Gasteiger partial charge is 0.0991 e. The highest BCUT2D eigenvalue weighted by atomic mass is 14.9. The predicted molar refractivity (Wildman–Crippen MR) is 58.6 cm³/mol. The van der Waals surface area contributed by atoms with Crippen molar-refractivity contribution in [2.24, 2.45) is 0 Å². The van der Waals surface area contributed by atoms with Crippen LogP contribution in [-0.4, -0.2) is 12.6 Å². The largest absolute Gasteiger partial charge is 0.313 e. The van der Waals surface area contributed by atoms with E-state index >= 15 is 0 Å². The Morgan fingerprint density at radius 2 is 2.33 bits per heavy atom. The molecule has 0 aromatic heterocycles. The lowest BCUT2D eigenvalue weighted by Gasteiger charge is -2.27. The molecule has 0 bridgehead atoms. The third kappa shape index (κ3) is 1.35. The standard InChI is InChI=1S/C13H14N2/c14-8-9-3-4-10-7-13-11(12(10)6-9)2-1-5-15-13/h3-4,6,11,13,15H,1-2,5,7H2/t11?,13-/m0/s1. The Morgan fingerprint density at radius 1 is 1.40 bits per heavy atom. The van der Waals surface area contributed by atoms with E-state index in [0.29, 0.717) is 12.0 Å². The van der Waals surface area contributed by atoms with Gasteiger partial charge in [0.05, 0.1) is 11.6 Å². The molecule has 15 heavy (non-hydrogen) atoms. The van der Waals surface area contributed by atoms with Crippen molar-refractivity contribution in [2.45, 2.75) is 31.2 Å². The lowest BCUT2D eigenvalue weighted by molar-refractivity contribution is 0.372. The first-order valence-corrected chi connectivity index (χ1v) is 5.65. The first-order chi connectivity index (χ1) is 7.38. The van der Waals surface area contributed by atoms with Gasteiger partial charge < -0.3 is 5.32 Å². The van der Waals surface area contributed by atoms with Gasteiger partial charge in [-0.2, -0.15) is 5.26 Å². The van der Waals surface area contributed by atoms with Gasteiger partial charge in [0.2, 0.25) is 0 Å². The van der Waals surface area contributed by atoms with Gasteiger partial charge in [-0.25, -0.2) is 0 Å². The van der Waals surface area contributed by atoms with Crippen molar-refractivity contribution in [3.63, 3.8) is 0 Å². The van der Waals surface area contributed by atoms with Gasteiger partial charge in [0.15, 0.2) is 0 Å². The molecule has 1 fully saturated rings. The van der Waals surface area contributed by atoms with Gasteiger partial charge in [-0.15, -0.1) is 0 Å². The highest BCUT2D eigenvalue weighted by Crippen LogP contribution is 2.38. The van der Waals surface area contributed by atoms with Crippen molar-refractivity contribution in [2.75, 3.05) is 6.54 Å². The van der Waals surface area contributed by atoms with Crippen LogP contribution in [0, 0.1) is 11.3 Å². The van der Waals surface area contributed by atoms with Gasteiger partial charge in [-0.1, -0.05) is 6.07 Å². The molecule has 1 aliphatic heterocycles. The molecule has 1 aromatic rings. The van der Waals surface area contributed by atoms with Crippen LogP contribution in [0.15, 0.2) is 18.2 Å². The minimum atomic E-state index is 0.627. The Balaban J connectivity index is 2.02. The first kappa shape index (κ1) is 8.94. The summed E-state index contributed by atoms with van der Waals surface area (Å²) in [5.41, 5.74) is 3.67. The van der Waals surface area contributed by atoms with Crippen molar-refractivity contribution >= 4 is 0 Å².